The molecule has 0 aromatic heterocycles. The first-order chi connectivity index (χ1) is 8.97. The van der Waals surface area contributed by atoms with Crippen LogP contribution in [0.15, 0.2) is 36.4 Å². The lowest BCUT2D eigenvalue weighted by Gasteiger charge is -2.06. The predicted molar refractivity (Wildman–Crippen MR) is 70.6 cm³/mol. The van der Waals surface area contributed by atoms with Crippen molar-refractivity contribution in [3.05, 3.63) is 69.7 Å². The van der Waals surface area contributed by atoms with Crippen molar-refractivity contribution < 1.29 is 13.6 Å². The lowest BCUT2D eigenvalue weighted by atomic mass is 9.99. The van der Waals surface area contributed by atoms with Crippen LogP contribution in [0.2, 0.25) is 5.02 Å². The fraction of sp³-hybridized carbons (Fsp3) is 0.133. The second-order valence-electron chi connectivity index (χ2n) is 4.29. The number of rotatable bonds is 3. The molecule has 0 aliphatic rings. The third-order valence-corrected chi connectivity index (χ3v) is 3.10. The zero-order valence-corrected chi connectivity index (χ0v) is 11.0. The standard InChI is InChI=1S/C15H11ClF2O/c1-9-2-4-11(16)7-13(9)15(19)6-10-3-5-12(17)8-14(10)18/h2-5,7-8H,6H2,1H3. The van der Waals surface area contributed by atoms with Crippen LogP contribution >= 0.6 is 11.6 Å². The Hall–Kier alpha value is -1.74. The van der Waals surface area contributed by atoms with E-state index in [0.717, 1.165) is 17.7 Å². The van der Waals surface area contributed by atoms with Crippen LogP contribution in [0.5, 0.6) is 0 Å². The SMILES string of the molecule is Cc1ccc(Cl)cc1C(=O)Cc1ccc(F)cc1F. The van der Waals surface area contributed by atoms with Gasteiger partial charge in [0.15, 0.2) is 5.78 Å². The van der Waals surface area contributed by atoms with Gasteiger partial charge in [0, 0.05) is 23.1 Å². The summed E-state index contributed by atoms with van der Waals surface area (Å²) < 4.78 is 26.3. The van der Waals surface area contributed by atoms with E-state index < -0.39 is 11.6 Å². The topological polar surface area (TPSA) is 17.1 Å². The van der Waals surface area contributed by atoms with Crippen molar-refractivity contribution in [2.24, 2.45) is 0 Å². The molecule has 0 atom stereocenters. The summed E-state index contributed by atoms with van der Waals surface area (Å²) in [5.41, 5.74) is 1.40. The molecule has 0 radical (unpaired) electrons. The Balaban J connectivity index is 2.28. The molecule has 98 valence electrons. The Kier molecular flexibility index (Phi) is 3.96. The average Bonchev–Trinajstić information content (AvgIpc) is 2.35. The predicted octanol–water partition coefficient (Wildman–Crippen LogP) is 4.35. The van der Waals surface area contributed by atoms with Gasteiger partial charge in [0.05, 0.1) is 0 Å². The molecule has 0 aliphatic carbocycles. The van der Waals surface area contributed by atoms with Crippen molar-refractivity contribution >= 4 is 17.4 Å². The van der Waals surface area contributed by atoms with Crippen LogP contribution in [-0.2, 0) is 6.42 Å². The summed E-state index contributed by atoms with van der Waals surface area (Å²) in [6, 6.07) is 8.16. The molecule has 0 saturated carbocycles. The van der Waals surface area contributed by atoms with Crippen molar-refractivity contribution in [2.45, 2.75) is 13.3 Å². The van der Waals surface area contributed by atoms with E-state index in [0.29, 0.717) is 10.6 Å². The van der Waals surface area contributed by atoms with Crippen LogP contribution in [0.1, 0.15) is 21.5 Å². The largest absolute Gasteiger partial charge is 0.294 e. The zero-order chi connectivity index (χ0) is 14.0. The van der Waals surface area contributed by atoms with Crippen molar-refractivity contribution in [2.75, 3.05) is 0 Å². The fourth-order valence-corrected chi connectivity index (χ4v) is 2.00. The minimum absolute atomic E-state index is 0.118. The summed E-state index contributed by atoms with van der Waals surface area (Å²) in [5.74, 6) is -1.62. The van der Waals surface area contributed by atoms with Gasteiger partial charge in [-0.15, -0.1) is 0 Å². The number of halogens is 3. The van der Waals surface area contributed by atoms with Gasteiger partial charge in [0.25, 0.3) is 0 Å². The molecular formula is C15H11ClF2O. The Morgan fingerprint density at radius 2 is 1.89 bits per heavy atom. The molecule has 19 heavy (non-hydrogen) atoms. The molecule has 2 aromatic rings. The molecule has 0 heterocycles. The van der Waals surface area contributed by atoms with Crippen molar-refractivity contribution in [1.82, 2.24) is 0 Å². The number of carbonyl (C=O) groups excluding carboxylic acids is 1. The Labute approximate surface area is 114 Å². The third kappa shape index (κ3) is 3.18. The van der Waals surface area contributed by atoms with Gasteiger partial charge < -0.3 is 0 Å². The van der Waals surface area contributed by atoms with Crippen LogP contribution in [-0.4, -0.2) is 5.78 Å². The van der Waals surface area contributed by atoms with Crippen molar-refractivity contribution in [3.8, 4) is 0 Å². The first-order valence-corrected chi connectivity index (χ1v) is 6.08. The van der Waals surface area contributed by atoms with Crippen LogP contribution in [0.25, 0.3) is 0 Å². The molecule has 0 aliphatic heterocycles. The van der Waals surface area contributed by atoms with Gasteiger partial charge in [-0.25, -0.2) is 8.78 Å². The highest BCUT2D eigenvalue weighted by molar-refractivity contribution is 6.31. The van der Waals surface area contributed by atoms with Gasteiger partial charge in [-0.05, 0) is 36.2 Å². The highest BCUT2D eigenvalue weighted by Gasteiger charge is 2.13. The number of benzene rings is 2. The van der Waals surface area contributed by atoms with Gasteiger partial charge in [-0.1, -0.05) is 23.7 Å². The van der Waals surface area contributed by atoms with Gasteiger partial charge in [-0.2, -0.15) is 0 Å². The number of Topliss-reactive ketones (excluding diaryl/α,β-unsaturated/α-hetero) is 1. The molecule has 0 spiro atoms. The van der Waals surface area contributed by atoms with E-state index in [1.54, 1.807) is 25.1 Å². The van der Waals surface area contributed by atoms with E-state index in [1.807, 2.05) is 0 Å². The molecule has 0 amide bonds. The fourth-order valence-electron chi connectivity index (χ4n) is 1.83. The monoisotopic (exact) mass is 280 g/mol. The van der Waals surface area contributed by atoms with Gasteiger partial charge in [0.1, 0.15) is 11.6 Å². The van der Waals surface area contributed by atoms with Gasteiger partial charge >= 0.3 is 0 Å². The van der Waals surface area contributed by atoms with Crippen LogP contribution in [0.3, 0.4) is 0 Å². The van der Waals surface area contributed by atoms with E-state index in [2.05, 4.69) is 0 Å². The number of hydrogen-bond donors (Lipinski definition) is 0. The maximum Gasteiger partial charge on any atom is 0.167 e. The molecule has 0 N–H and O–H groups in total. The minimum atomic E-state index is -0.715. The van der Waals surface area contributed by atoms with E-state index in [1.165, 1.54) is 6.07 Å². The Morgan fingerprint density at radius 1 is 1.16 bits per heavy atom. The summed E-state index contributed by atoms with van der Waals surface area (Å²) in [5, 5.41) is 0.452. The van der Waals surface area contributed by atoms with Crippen molar-refractivity contribution in [3.63, 3.8) is 0 Å². The number of hydrogen-bond acceptors (Lipinski definition) is 1. The molecule has 1 nitrogen and oxygen atoms in total. The summed E-state index contributed by atoms with van der Waals surface area (Å²) >= 11 is 5.84. The first kappa shape index (κ1) is 13.7. The van der Waals surface area contributed by atoms with Crippen LogP contribution < -0.4 is 0 Å². The molecule has 0 saturated heterocycles. The summed E-state index contributed by atoms with van der Waals surface area (Å²) in [6.07, 6.45) is -0.118. The molecular weight excluding hydrogens is 270 g/mol. The highest BCUT2D eigenvalue weighted by atomic mass is 35.5. The molecule has 2 aromatic carbocycles. The van der Waals surface area contributed by atoms with E-state index in [9.17, 15) is 13.6 Å². The second-order valence-corrected chi connectivity index (χ2v) is 4.73. The lowest BCUT2D eigenvalue weighted by molar-refractivity contribution is 0.0991. The average molecular weight is 281 g/mol. The molecule has 2 rings (SSSR count). The maximum absolute atomic E-state index is 13.5. The van der Waals surface area contributed by atoms with E-state index in [-0.39, 0.29) is 17.8 Å². The smallest absolute Gasteiger partial charge is 0.167 e. The maximum atomic E-state index is 13.5. The molecule has 0 unspecified atom stereocenters. The normalized spacial score (nSPS) is 10.5. The summed E-state index contributed by atoms with van der Waals surface area (Å²) in [7, 11) is 0. The second kappa shape index (κ2) is 5.49. The van der Waals surface area contributed by atoms with Gasteiger partial charge in [0.2, 0.25) is 0 Å². The zero-order valence-electron chi connectivity index (χ0n) is 10.2. The van der Waals surface area contributed by atoms with Crippen LogP contribution in [0, 0.1) is 18.6 Å². The quantitative estimate of drug-likeness (QED) is 0.764. The Bertz CT molecular complexity index is 638. The third-order valence-electron chi connectivity index (χ3n) is 2.87. The van der Waals surface area contributed by atoms with Crippen molar-refractivity contribution in [1.29, 1.82) is 0 Å². The van der Waals surface area contributed by atoms with E-state index >= 15 is 0 Å². The summed E-state index contributed by atoms with van der Waals surface area (Å²) in [6.45, 7) is 1.78. The Morgan fingerprint density at radius 3 is 2.58 bits per heavy atom. The van der Waals surface area contributed by atoms with E-state index in [4.69, 9.17) is 11.6 Å². The number of carbonyl (C=O) groups is 1. The number of aryl methyl sites for hydroxylation is 1. The molecule has 0 fully saturated rings. The van der Waals surface area contributed by atoms with Gasteiger partial charge in [-0.3, -0.25) is 4.79 Å². The summed E-state index contributed by atoms with van der Waals surface area (Å²) in [4.78, 5) is 12.1. The molecule has 4 heteroatoms. The number of ketones is 1. The first-order valence-electron chi connectivity index (χ1n) is 5.70. The lowest BCUT2D eigenvalue weighted by Crippen LogP contribution is -2.07. The minimum Gasteiger partial charge on any atom is -0.294 e. The molecule has 0 bridgehead atoms. The van der Waals surface area contributed by atoms with Crippen LogP contribution in [0.4, 0.5) is 8.78 Å². The highest BCUT2D eigenvalue weighted by Crippen LogP contribution is 2.19.